The second kappa shape index (κ2) is 6.31. The van der Waals surface area contributed by atoms with E-state index in [1.165, 1.54) is 13.2 Å². The lowest BCUT2D eigenvalue weighted by atomic mass is 10.2. The molecule has 1 aromatic rings. The van der Waals surface area contributed by atoms with E-state index < -0.39 is 6.10 Å². The third-order valence-corrected chi connectivity index (χ3v) is 1.87. The molecule has 84 valence electrons. The molecule has 5 heteroatoms. The zero-order valence-corrected chi connectivity index (χ0v) is 8.61. The van der Waals surface area contributed by atoms with E-state index in [1.807, 2.05) is 0 Å². The molecule has 0 saturated heterocycles. The fraction of sp³-hybridized carbons (Fsp3) is 0.500. The largest absolute Gasteiger partial charge is 0.391 e. The molecule has 0 radical (unpaired) electrons. The Hall–Kier alpha value is -1.20. The summed E-state index contributed by atoms with van der Waals surface area (Å²) in [6.45, 7) is 0.891. The Bertz CT molecular complexity index is 279. The number of anilines is 1. The molecule has 2 N–H and O–H groups in total. The van der Waals surface area contributed by atoms with E-state index in [1.54, 1.807) is 6.07 Å². The monoisotopic (exact) mass is 214 g/mol. The van der Waals surface area contributed by atoms with Crippen LogP contribution in [0.15, 0.2) is 18.3 Å². The maximum atomic E-state index is 12.5. The minimum absolute atomic E-state index is 0.318. The number of aromatic nitrogens is 1. The topological polar surface area (TPSA) is 54.4 Å². The van der Waals surface area contributed by atoms with E-state index in [9.17, 15) is 9.50 Å². The molecule has 0 saturated carbocycles. The van der Waals surface area contributed by atoms with Crippen LogP contribution in [0, 0.1) is 5.82 Å². The van der Waals surface area contributed by atoms with Crippen LogP contribution in [0.25, 0.3) is 0 Å². The van der Waals surface area contributed by atoms with Crippen molar-refractivity contribution in [3.63, 3.8) is 0 Å². The highest BCUT2D eigenvalue weighted by Gasteiger charge is 2.02. The molecule has 1 heterocycles. The molecular weight excluding hydrogens is 199 g/mol. The van der Waals surface area contributed by atoms with E-state index in [4.69, 9.17) is 4.74 Å². The van der Waals surface area contributed by atoms with E-state index in [2.05, 4.69) is 10.3 Å². The first-order valence-electron chi connectivity index (χ1n) is 4.75. The van der Waals surface area contributed by atoms with Crippen molar-refractivity contribution in [2.45, 2.75) is 12.5 Å². The van der Waals surface area contributed by atoms with Gasteiger partial charge in [-0.05, 0) is 18.6 Å². The van der Waals surface area contributed by atoms with Gasteiger partial charge in [-0.15, -0.1) is 0 Å². The molecule has 0 aliphatic rings. The summed E-state index contributed by atoms with van der Waals surface area (Å²) in [5.74, 6) is 0.237. The van der Waals surface area contributed by atoms with Gasteiger partial charge in [0, 0.05) is 13.7 Å². The van der Waals surface area contributed by atoms with Gasteiger partial charge in [0.05, 0.1) is 18.9 Å². The molecule has 1 aromatic heterocycles. The van der Waals surface area contributed by atoms with E-state index >= 15 is 0 Å². The smallest absolute Gasteiger partial charge is 0.141 e. The number of halogens is 1. The van der Waals surface area contributed by atoms with Crippen molar-refractivity contribution in [1.29, 1.82) is 0 Å². The summed E-state index contributed by atoms with van der Waals surface area (Å²) in [6.07, 6.45) is 1.23. The summed E-state index contributed by atoms with van der Waals surface area (Å²) in [5.41, 5.74) is 0. The van der Waals surface area contributed by atoms with Gasteiger partial charge in [0.15, 0.2) is 0 Å². The van der Waals surface area contributed by atoms with Crippen molar-refractivity contribution >= 4 is 5.82 Å². The molecule has 1 rings (SSSR count). The number of pyridine rings is 1. The van der Waals surface area contributed by atoms with Crippen LogP contribution in [0.3, 0.4) is 0 Å². The van der Waals surface area contributed by atoms with Gasteiger partial charge in [-0.2, -0.15) is 0 Å². The van der Waals surface area contributed by atoms with Gasteiger partial charge in [0.25, 0.3) is 0 Å². The van der Waals surface area contributed by atoms with Crippen molar-refractivity contribution in [2.75, 3.05) is 25.6 Å². The van der Waals surface area contributed by atoms with Crippen LogP contribution >= 0.6 is 0 Å². The van der Waals surface area contributed by atoms with Crippen molar-refractivity contribution in [3.05, 3.63) is 24.1 Å². The summed E-state index contributed by atoms with van der Waals surface area (Å²) in [7, 11) is 1.54. The Morgan fingerprint density at radius 1 is 1.60 bits per heavy atom. The first-order valence-corrected chi connectivity index (χ1v) is 4.75. The molecule has 0 aliphatic carbocycles. The predicted octanol–water partition coefficient (Wildman–Crippen LogP) is 1.03. The van der Waals surface area contributed by atoms with Crippen LogP contribution in [0.1, 0.15) is 6.42 Å². The van der Waals surface area contributed by atoms with Gasteiger partial charge in [0.1, 0.15) is 11.6 Å². The summed E-state index contributed by atoms with van der Waals surface area (Å²) in [6, 6.07) is 2.89. The number of methoxy groups -OCH3 is 1. The van der Waals surface area contributed by atoms with Crippen LogP contribution in [0.4, 0.5) is 10.2 Å². The fourth-order valence-corrected chi connectivity index (χ4v) is 1.12. The van der Waals surface area contributed by atoms with E-state index in [0.717, 1.165) is 6.20 Å². The minimum atomic E-state index is -0.483. The van der Waals surface area contributed by atoms with Crippen LogP contribution in [-0.4, -0.2) is 36.5 Å². The quantitative estimate of drug-likeness (QED) is 0.742. The minimum Gasteiger partial charge on any atom is -0.391 e. The zero-order valence-electron chi connectivity index (χ0n) is 8.61. The highest BCUT2D eigenvalue weighted by Crippen LogP contribution is 2.03. The molecule has 4 nitrogen and oxygen atoms in total. The van der Waals surface area contributed by atoms with Gasteiger partial charge < -0.3 is 15.2 Å². The van der Waals surface area contributed by atoms with Crippen LogP contribution < -0.4 is 5.32 Å². The highest BCUT2D eigenvalue weighted by atomic mass is 19.1. The molecule has 0 fully saturated rings. The average molecular weight is 214 g/mol. The van der Waals surface area contributed by atoms with Crippen molar-refractivity contribution in [1.82, 2.24) is 4.98 Å². The maximum Gasteiger partial charge on any atom is 0.141 e. The molecule has 15 heavy (non-hydrogen) atoms. The molecule has 1 unspecified atom stereocenters. The Morgan fingerprint density at radius 3 is 3.00 bits per heavy atom. The molecule has 0 amide bonds. The molecule has 0 spiro atoms. The SMILES string of the molecule is COCC(O)CCNc1ccc(F)cn1. The number of ether oxygens (including phenoxy) is 1. The first kappa shape index (κ1) is 11.9. The lowest BCUT2D eigenvalue weighted by molar-refractivity contribution is 0.0615. The number of nitrogens with one attached hydrogen (secondary N) is 1. The van der Waals surface area contributed by atoms with E-state index in [-0.39, 0.29) is 5.82 Å². The number of hydrogen-bond donors (Lipinski definition) is 2. The average Bonchev–Trinajstić information content (AvgIpc) is 2.21. The second-order valence-corrected chi connectivity index (χ2v) is 3.19. The highest BCUT2D eigenvalue weighted by molar-refractivity contribution is 5.33. The number of hydrogen-bond acceptors (Lipinski definition) is 4. The normalized spacial score (nSPS) is 12.5. The maximum absolute atomic E-state index is 12.5. The summed E-state index contributed by atoms with van der Waals surface area (Å²) >= 11 is 0. The number of rotatable bonds is 6. The summed E-state index contributed by atoms with van der Waals surface area (Å²) in [4.78, 5) is 3.82. The number of aliphatic hydroxyl groups excluding tert-OH is 1. The van der Waals surface area contributed by atoms with Gasteiger partial charge in [-0.3, -0.25) is 0 Å². The third kappa shape index (κ3) is 4.71. The lowest BCUT2D eigenvalue weighted by Gasteiger charge is -2.10. The van der Waals surface area contributed by atoms with Gasteiger partial charge in [-0.25, -0.2) is 9.37 Å². The van der Waals surface area contributed by atoms with Crippen LogP contribution in [0.5, 0.6) is 0 Å². The van der Waals surface area contributed by atoms with Gasteiger partial charge in [0.2, 0.25) is 0 Å². The van der Waals surface area contributed by atoms with Crippen molar-refractivity contribution < 1.29 is 14.2 Å². The Balaban J connectivity index is 2.22. The zero-order chi connectivity index (χ0) is 11.1. The lowest BCUT2D eigenvalue weighted by Crippen LogP contribution is -2.18. The van der Waals surface area contributed by atoms with Crippen LogP contribution in [0.2, 0.25) is 0 Å². The third-order valence-electron chi connectivity index (χ3n) is 1.87. The van der Waals surface area contributed by atoms with Crippen molar-refractivity contribution in [3.8, 4) is 0 Å². The molecule has 0 bridgehead atoms. The summed E-state index contributed by atoms with van der Waals surface area (Å²) < 4.78 is 17.3. The fourth-order valence-electron chi connectivity index (χ4n) is 1.12. The number of nitrogens with zero attached hydrogens (tertiary/aromatic N) is 1. The molecule has 0 aliphatic heterocycles. The first-order chi connectivity index (χ1) is 7.22. The standard InChI is InChI=1S/C10H15FN2O2/c1-15-7-9(14)4-5-12-10-3-2-8(11)6-13-10/h2-3,6,9,14H,4-5,7H2,1H3,(H,12,13). The van der Waals surface area contributed by atoms with Crippen LogP contribution in [-0.2, 0) is 4.74 Å². The molecular formula is C10H15FN2O2. The van der Waals surface area contributed by atoms with Gasteiger partial charge in [-0.1, -0.05) is 0 Å². The summed E-state index contributed by atoms with van der Waals surface area (Å²) in [5, 5.41) is 12.3. The number of aliphatic hydroxyl groups is 1. The second-order valence-electron chi connectivity index (χ2n) is 3.19. The van der Waals surface area contributed by atoms with E-state index in [0.29, 0.717) is 25.4 Å². The Kier molecular flexibility index (Phi) is 5.00. The molecule has 0 aromatic carbocycles. The molecule has 1 atom stereocenters. The van der Waals surface area contributed by atoms with Crippen molar-refractivity contribution in [2.24, 2.45) is 0 Å². The Morgan fingerprint density at radius 2 is 2.40 bits per heavy atom. The van der Waals surface area contributed by atoms with Gasteiger partial charge >= 0.3 is 0 Å². The Labute approximate surface area is 88.1 Å². The predicted molar refractivity (Wildman–Crippen MR) is 55.2 cm³/mol.